The molecule has 0 unspecified atom stereocenters. The van der Waals surface area contributed by atoms with Gasteiger partial charge in [0.1, 0.15) is 5.82 Å². The maximum absolute atomic E-state index is 13.6. The molecule has 168 valence electrons. The Labute approximate surface area is 190 Å². The Balaban J connectivity index is 1.77. The lowest BCUT2D eigenvalue weighted by atomic mass is 10.1. The number of amides is 1. The zero-order valence-electron chi connectivity index (χ0n) is 18.7. The molecular weight excluding hydrogens is 421 g/mol. The first-order chi connectivity index (χ1) is 15.8. The second kappa shape index (κ2) is 8.82. The summed E-state index contributed by atoms with van der Waals surface area (Å²) in [6.45, 7) is 9.70. The van der Waals surface area contributed by atoms with Gasteiger partial charge in [-0.15, -0.1) is 11.7 Å². The summed E-state index contributed by atoms with van der Waals surface area (Å²) < 4.78 is 16.6. The maximum Gasteiger partial charge on any atom is 0.279 e. The minimum absolute atomic E-state index is 0.187. The standard InChI is InChI=1S/C25H24FN5O2/c1-5-12-30-17(4)20(14-22(32)27-21-13-19(26)11-8-16(21)3)24(33)31-25(30)28-23(29-31)18-9-6-15(2)7-10-18/h5-11,13H,1,12,14H2,2-4H3,(H,27,32). The predicted octanol–water partition coefficient (Wildman–Crippen LogP) is 3.99. The number of nitrogens with zero attached hydrogens (tertiary/aromatic N) is 4. The first-order valence-electron chi connectivity index (χ1n) is 10.5. The number of hydrogen-bond acceptors (Lipinski definition) is 4. The van der Waals surface area contributed by atoms with E-state index in [4.69, 9.17) is 0 Å². The van der Waals surface area contributed by atoms with E-state index >= 15 is 0 Å². The van der Waals surface area contributed by atoms with Gasteiger partial charge in [-0.3, -0.25) is 9.59 Å². The normalized spacial score (nSPS) is 11.0. The van der Waals surface area contributed by atoms with E-state index in [2.05, 4.69) is 22.0 Å². The molecule has 0 aliphatic carbocycles. The quantitative estimate of drug-likeness (QED) is 0.455. The summed E-state index contributed by atoms with van der Waals surface area (Å²) in [5.41, 5.74) is 3.45. The molecule has 0 atom stereocenters. The van der Waals surface area contributed by atoms with Gasteiger partial charge in [-0.2, -0.15) is 9.50 Å². The van der Waals surface area contributed by atoms with Crippen LogP contribution in [-0.2, 0) is 17.8 Å². The minimum Gasteiger partial charge on any atom is -0.325 e. The molecule has 0 fully saturated rings. The van der Waals surface area contributed by atoms with Crippen molar-refractivity contribution in [2.75, 3.05) is 5.32 Å². The van der Waals surface area contributed by atoms with Gasteiger partial charge in [0.25, 0.3) is 5.56 Å². The third-order valence-corrected chi connectivity index (χ3v) is 5.56. The number of carbonyl (C=O) groups is 1. The van der Waals surface area contributed by atoms with Gasteiger partial charge in [-0.25, -0.2) is 4.39 Å². The molecule has 2 aromatic carbocycles. The molecule has 0 aliphatic rings. The molecule has 0 aliphatic heterocycles. The van der Waals surface area contributed by atoms with Crippen molar-refractivity contribution in [1.29, 1.82) is 0 Å². The van der Waals surface area contributed by atoms with Gasteiger partial charge < -0.3 is 9.88 Å². The Bertz CT molecular complexity index is 1430. The lowest BCUT2D eigenvalue weighted by molar-refractivity contribution is -0.115. The van der Waals surface area contributed by atoms with Crippen molar-refractivity contribution in [1.82, 2.24) is 19.2 Å². The monoisotopic (exact) mass is 445 g/mol. The van der Waals surface area contributed by atoms with Crippen molar-refractivity contribution >= 4 is 17.4 Å². The molecule has 8 heteroatoms. The number of allylic oxidation sites excluding steroid dienone is 1. The van der Waals surface area contributed by atoms with Crippen LogP contribution >= 0.6 is 0 Å². The van der Waals surface area contributed by atoms with Crippen LogP contribution in [0, 0.1) is 26.6 Å². The van der Waals surface area contributed by atoms with E-state index in [1.54, 1.807) is 30.6 Å². The summed E-state index contributed by atoms with van der Waals surface area (Å²) in [5.74, 6) is -0.0835. The number of halogens is 1. The second-order valence-electron chi connectivity index (χ2n) is 7.97. The summed E-state index contributed by atoms with van der Waals surface area (Å²) in [6.07, 6.45) is 1.51. The highest BCUT2D eigenvalue weighted by Crippen LogP contribution is 2.19. The average Bonchev–Trinajstić information content (AvgIpc) is 3.23. The number of benzene rings is 2. The Kier molecular flexibility index (Phi) is 5.91. The number of hydrogen-bond donors (Lipinski definition) is 1. The van der Waals surface area contributed by atoms with Crippen LogP contribution in [0.25, 0.3) is 17.2 Å². The second-order valence-corrected chi connectivity index (χ2v) is 7.97. The SMILES string of the molecule is C=CCn1c(C)c(CC(=O)Nc2cc(F)ccc2C)c(=O)n2nc(-c3ccc(C)cc3)nc12. The minimum atomic E-state index is -0.451. The highest BCUT2D eigenvalue weighted by molar-refractivity contribution is 5.93. The molecule has 4 rings (SSSR count). The number of nitrogens with one attached hydrogen (secondary N) is 1. The highest BCUT2D eigenvalue weighted by Gasteiger charge is 2.20. The van der Waals surface area contributed by atoms with Crippen LogP contribution in [0.4, 0.5) is 10.1 Å². The van der Waals surface area contributed by atoms with E-state index < -0.39 is 17.3 Å². The molecule has 1 amide bonds. The Morgan fingerprint density at radius 2 is 1.88 bits per heavy atom. The van der Waals surface area contributed by atoms with Gasteiger partial charge in [-0.1, -0.05) is 42.0 Å². The summed E-state index contributed by atoms with van der Waals surface area (Å²) in [7, 11) is 0. The van der Waals surface area contributed by atoms with Crippen LogP contribution in [-0.4, -0.2) is 25.1 Å². The molecule has 2 heterocycles. The smallest absolute Gasteiger partial charge is 0.279 e. The predicted molar refractivity (Wildman–Crippen MR) is 126 cm³/mol. The van der Waals surface area contributed by atoms with Crippen molar-refractivity contribution in [3.05, 3.63) is 93.7 Å². The zero-order chi connectivity index (χ0) is 23.7. The number of carbonyl (C=O) groups excluding carboxylic acids is 1. The Morgan fingerprint density at radius 3 is 2.58 bits per heavy atom. The number of fused-ring (bicyclic) bond motifs is 1. The Hall–Kier alpha value is -4.07. The van der Waals surface area contributed by atoms with Crippen LogP contribution in [0.1, 0.15) is 22.4 Å². The molecule has 1 N–H and O–H groups in total. The van der Waals surface area contributed by atoms with Crippen LogP contribution in [0.15, 0.2) is 59.9 Å². The highest BCUT2D eigenvalue weighted by atomic mass is 19.1. The zero-order valence-corrected chi connectivity index (χ0v) is 18.7. The molecule has 4 aromatic rings. The van der Waals surface area contributed by atoms with Crippen molar-refractivity contribution in [3.63, 3.8) is 0 Å². The van der Waals surface area contributed by atoms with E-state index in [1.807, 2.05) is 31.2 Å². The molecular formula is C25H24FN5O2. The van der Waals surface area contributed by atoms with Gasteiger partial charge >= 0.3 is 0 Å². The van der Waals surface area contributed by atoms with Gasteiger partial charge in [0, 0.05) is 29.1 Å². The van der Waals surface area contributed by atoms with Crippen molar-refractivity contribution in [2.24, 2.45) is 0 Å². The van der Waals surface area contributed by atoms with Gasteiger partial charge in [0.15, 0.2) is 5.82 Å². The topological polar surface area (TPSA) is 81.3 Å². The van der Waals surface area contributed by atoms with E-state index in [0.717, 1.165) is 16.7 Å². The van der Waals surface area contributed by atoms with Crippen molar-refractivity contribution in [2.45, 2.75) is 33.7 Å². The Morgan fingerprint density at radius 1 is 1.15 bits per heavy atom. The van der Waals surface area contributed by atoms with Crippen molar-refractivity contribution < 1.29 is 9.18 Å². The average molecular weight is 445 g/mol. The van der Waals surface area contributed by atoms with Crippen LogP contribution in [0.2, 0.25) is 0 Å². The first kappa shape index (κ1) is 22.1. The molecule has 0 saturated heterocycles. The van der Waals surface area contributed by atoms with Gasteiger partial charge in [-0.05, 0) is 38.5 Å². The van der Waals surface area contributed by atoms with E-state index in [9.17, 15) is 14.0 Å². The third-order valence-electron chi connectivity index (χ3n) is 5.56. The van der Waals surface area contributed by atoms with Crippen molar-refractivity contribution in [3.8, 4) is 11.4 Å². The fraction of sp³-hybridized carbons (Fsp3) is 0.200. The lowest BCUT2D eigenvalue weighted by Gasteiger charge is -2.14. The van der Waals surface area contributed by atoms with E-state index in [0.29, 0.717) is 29.5 Å². The fourth-order valence-electron chi connectivity index (χ4n) is 3.67. The lowest BCUT2D eigenvalue weighted by Crippen LogP contribution is -2.29. The number of rotatable bonds is 6. The molecule has 7 nitrogen and oxygen atoms in total. The van der Waals surface area contributed by atoms with Gasteiger partial charge in [0.05, 0.1) is 6.42 Å². The summed E-state index contributed by atoms with van der Waals surface area (Å²) in [6, 6.07) is 11.9. The number of anilines is 1. The van der Waals surface area contributed by atoms with E-state index in [-0.39, 0.29) is 12.0 Å². The molecule has 0 bridgehead atoms. The van der Waals surface area contributed by atoms with Gasteiger partial charge in [0.2, 0.25) is 11.7 Å². The van der Waals surface area contributed by atoms with E-state index in [1.165, 1.54) is 16.6 Å². The molecule has 33 heavy (non-hydrogen) atoms. The summed E-state index contributed by atoms with van der Waals surface area (Å²) in [4.78, 5) is 30.6. The first-order valence-corrected chi connectivity index (χ1v) is 10.5. The number of aromatic nitrogens is 4. The molecule has 0 spiro atoms. The maximum atomic E-state index is 13.6. The molecule has 0 saturated carbocycles. The van der Waals surface area contributed by atoms with Crippen LogP contribution in [0.3, 0.4) is 0 Å². The molecule has 2 aromatic heterocycles. The number of aryl methyl sites for hydroxylation is 2. The van der Waals surface area contributed by atoms with Crippen LogP contribution < -0.4 is 10.9 Å². The summed E-state index contributed by atoms with van der Waals surface area (Å²) >= 11 is 0. The summed E-state index contributed by atoms with van der Waals surface area (Å²) in [5, 5.41) is 7.13. The largest absolute Gasteiger partial charge is 0.325 e. The fourth-order valence-corrected chi connectivity index (χ4v) is 3.67. The molecule has 0 radical (unpaired) electrons. The third kappa shape index (κ3) is 4.32. The van der Waals surface area contributed by atoms with Crippen LogP contribution in [0.5, 0.6) is 0 Å².